The number of aryl methyl sites for hydroxylation is 3. The van der Waals surface area contributed by atoms with Crippen molar-refractivity contribution in [1.29, 1.82) is 5.26 Å². The van der Waals surface area contributed by atoms with Gasteiger partial charge in [-0.05, 0) is 42.9 Å². The van der Waals surface area contributed by atoms with Gasteiger partial charge in [0.1, 0.15) is 17.5 Å². The molecule has 8 heteroatoms. The highest BCUT2D eigenvalue weighted by Gasteiger charge is 2.44. The van der Waals surface area contributed by atoms with E-state index in [1.807, 2.05) is 29.6 Å². The number of rotatable bonds is 8. The van der Waals surface area contributed by atoms with Crippen LogP contribution in [-0.4, -0.2) is 33.7 Å². The van der Waals surface area contributed by atoms with Gasteiger partial charge in [-0.15, -0.1) is 0 Å². The molecular formula is C24H27FN6O. The van der Waals surface area contributed by atoms with Crippen molar-refractivity contribution in [3.05, 3.63) is 41.7 Å². The van der Waals surface area contributed by atoms with E-state index < -0.39 is 12.1 Å². The first-order chi connectivity index (χ1) is 15.4. The predicted molar refractivity (Wildman–Crippen MR) is 123 cm³/mol. The third-order valence-electron chi connectivity index (χ3n) is 5.98. The maximum absolute atomic E-state index is 13.4. The number of amides is 1. The summed E-state index contributed by atoms with van der Waals surface area (Å²) in [6.07, 6.45) is 3.90. The van der Waals surface area contributed by atoms with E-state index in [0.717, 1.165) is 36.0 Å². The summed E-state index contributed by atoms with van der Waals surface area (Å²) in [7, 11) is 3.83. The third-order valence-corrected chi connectivity index (χ3v) is 5.98. The number of nitrogens with zero attached hydrogens (tertiary/aromatic N) is 5. The Bertz CT molecular complexity index is 1200. The zero-order chi connectivity index (χ0) is 22.8. The van der Waals surface area contributed by atoms with Gasteiger partial charge >= 0.3 is 0 Å². The number of anilines is 3. The number of halogens is 1. The number of hydrogen-bond donors (Lipinski definition) is 1. The van der Waals surface area contributed by atoms with Gasteiger partial charge in [-0.25, -0.2) is 14.4 Å². The lowest BCUT2D eigenvalue weighted by molar-refractivity contribution is -0.117. The summed E-state index contributed by atoms with van der Waals surface area (Å²) in [5.41, 5.74) is 4.77. The average Bonchev–Trinajstić information content (AvgIpc) is 3.42. The molecule has 0 saturated heterocycles. The number of pyridine rings is 1. The summed E-state index contributed by atoms with van der Waals surface area (Å²) in [5, 5.41) is 11.6. The van der Waals surface area contributed by atoms with Gasteiger partial charge in [0.25, 0.3) is 0 Å². The summed E-state index contributed by atoms with van der Waals surface area (Å²) in [6.45, 7) is 2.11. The number of imidazole rings is 1. The SMILES string of the molecule is CCc1ccc(CCCC#N)cc1N(C)c1cc2c(ncn2C)c(NC(=O)[C@H]2C[C@H]2F)n1. The molecule has 2 heterocycles. The highest BCUT2D eigenvalue weighted by atomic mass is 19.1. The summed E-state index contributed by atoms with van der Waals surface area (Å²) in [6, 6.07) is 10.5. The summed E-state index contributed by atoms with van der Waals surface area (Å²) in [4.78, 5) is 23.5. The number of nitriles is 1. The number of fused-ring (bicyclic) bond motifs is 1. The standard InChI is InChI=1S/C24H27FN6O/c1-4-16-9-8-15(7-5-6-10-26)11-19(16)31(3)21-13-20-22(27-14-30(20)2)23(28-21)29-24(32)17-12-18(17)25/h8-9,11,13-14,17-18H,4-7,12H2,1-3H3,(H,28,29,32)/t17-,18+/m0/s1. The maximum atomic E-state index is 13.4. The molecule has 1 aromatic carbocycles. The molecule has 0 bridgehead atoms. The monoisotopic (exact) mass is 434 g/mol. The number of benzene rings is 1. The summed E-state index contributed by atoms with van der Waals surface area (Å²) < 4.78 is 15.3. The van der Waals surface area contributed by atoms with Crippen LogP contribution in [0.1, 0.15) is 37.3 Å². The Kier molecular flexibility index (Phi) is 6.08. The van der Waals surface area contributed by atoms with Gasteiger partial charge in [-0.2, -0.15) is 5.26 Å². The first-order valence-electron chi connectivity index (χ1n) is 10.9. The molecule has 1 amide bonds. The summed E-state index contributed by atoms with van der Waals surface area (Å²) >= 11 is 0. The minimum absolute atomic E-state index is 0.259. The molecule has 1 fully saturated rings. The van der Waals surface area contributed by atoms with E-state index in [0.29, 0.717) is 23.6 Å². The van der Waals surface area contributed by atoms with E-state index in [9.17, 15) is 9.18 Å². The minimum atomic E-state index is -1.07. The molecule has 1 aliphatic rings. The molecule has 7 nitrogen and oxygen atoms in total. The number of aromatic nitrogens is 3. The minimum Gasteiger partial charge on any atom is -0.334 e. The molecule has 32 heavy (non-hydrogen) atoms. The Balaban J connectivity index is 1.71. The fraction of sp³-hybridized carbons (Fsp3) is 0.417. The van der Waals surface area contributed by atoms with Gasteiger partial charge in [-0.3, -0.25) is 4.79 Å². The molecule has 0 aliphatic heterocycles. The lowest BCUT2D eigenvalue weighted by Crippen LogP contribution is -2.19. The fourth-order valence-electron chi connectivity index (χ4n) is 3.89. The Morgan fingerprint density at radius 2 is 2.19 bits per heavy atom. The molecule has 1 N–H and O–H groups in total. The number of carbonyl (C=O) groups excluding carboxylic acids is 1. The first kappa shape index (κ1) is 21.8. The van der Waals surface area contributed by atoms with Crippen molar-refractivity contribution >= 4 is 34.3 Å². The van der Waals surface area contributed by atoms with Crippen molar-refractivity contribution < 1.29 is 9.18 Å². The van der Waals surface area contributed by atoms with Gasteiger partial charge < -0.3 is 14.8 Å². The Morgan fingerprint density at radius 3 is 2.88 bits per heavy atom. The molecule has 3 aromatic rings. The molecule has 1 saturated carbocycles. The molecular weight excluding hydrogens is 407 g/mol. The van der Waals surface area contributed by atoms with Gasteiger partial charge in [0, 0.05) is 32.3 Å². The third kappa shape index (κ3) is 4.28. The van der Waals surface area contributed by atoms with E-state index in [1.54, 1.807) is 6.33 Å². The lowest BCUT2D eigenvalue weighted by atomic mass is 10.0. The van der Waals surface area contributed by atoms with Crippen LogP contribution >= 0.6 is 0 Å². The van der Waals surface area contributed by atoms with E-state index in [-0.39, 0.29) is 12.3 Å². The highest BCUT2D eigenvalue weighted by molar-refractivity contribution is 6.01. The van der Waals surface area contributed by atoms with E-state index in [2.05, 4.69) is 41.5 Å². The van der Waals surface area contributed by atoms with Crippen molar-refractivity contribution in [2.45, 2.75) is 45.2 Å². The topological polar surface area (TPSA) is 86.8 Å². The van der Waals surface area contributed by atoms with Crippen LogP contribution in [0.2, 0.25) is 0 Å². The molecule has 2 atom stereocenters. The quantitative estimate of drug-likeness (QED) is 0.530. The van der Waals surface area contributed by atoms with Gasteiger partial charge in [0.2, 0.25) is 5.91 Å². The van der Waals surface area contributed by atoms with Crippen molar-refractivity contribution in [2.24, 2.45) is 13.0 Å². The molecule has 1 aliphatic carbocycles. The van der Waals surface area contributed by atoms with E-state index in [1.165, 1.54) is 5.56 Å². The number of alkyl halides is 1. The van der Waals surface area contributed by atoms with Crippen LogP contribution < -0.4 is 10.2 Å². The number of hydrogen-bond acceptors (Lipinski definition) is 5. The second-order valence-corrected chi connectivity index (χ2v) is 8.29. The first-order valence-corrected chi connectivity index (χ1v) is 10.9. The van der Waals surface area contributed by atoms with Crippen LogP contribution in [-0.2, 0) is 24.7 Å². The predicted octanol–water partition coefficient (Wildman–Crippen LogP) is 4.44. The van der Waals surface area contributed by atoms with Crippen LogP contribution in [0.15, 0.2) is 30.6 Å². The Labute approximate surface area is 186 Å². The molecule has 166 valence electrons. The van der Waals surface area contributed by atoms with Crippen molar-refractivity contribution in [2.75, 3.05) is 17.3 Å². The number of nitrogens with one attached hydrogen (secondary N) is 1. The fourth-order valence-corrected chi connectivity index (χ4v) is 3.89. The van der Waals surface area contributed by atoms with Crippen molar-refractivity contribution in [3.63, 3.8) is 0 Å². The molecule has 0 radical (unpaired) electrons. The van der Waals surface area contributed by atoms with Crippen LogP contribution in [0.3, 0.4) is 0 Å². The summed E-state index contributed by atoms with van der Waals surface area (Å²) in [5.74, 6) is 0.0457. The Morgan fingerprint density at radius 1 is 1.41 bits per heavy atom. The van der Waals surface area contributed by atoms with Crippen LogP contribution in [0.5, 0.6) is 0 Å². The maximum Gasteiger partial charge on any atom is 0.231 e. The molecule has 4 rings (SSSR count). The number of unbranched alkanes of at least 4 members (excludes halogenated alkanes) is 1. The lowest BCUT2D eigenvalue weighted by Gasteiger charge is -2.23. The molecule has 0 unspecified atom stereocenters. The van der Waals surface area contributed by atoms with Crippen LogP contribution in [0.4, 0.5) is 21.7 Å². The largest absolute Gasteiger partial charge is 0.334 e. The van der Waals surface area contributed by atoms with Gasteiger partial charge in [0.15, 0.2) is 5.82 Å². The van der Waals surface area contributed by atoms with Crippen LogP contribution in [0.25, 0.3) is 11.0 Å². The zero-order valence-corrected chi connectivity index (χ0v) is 18.6. The normalized spacial score (nSPS) is 17.2. The molecule has 2 aromatic heterocycles. The highest BCUT2D eigenvalue weighted by Crippen LogP contribution is 2.36. The van der Waals surface area contributed by atoms with E-state index >= 15 is 0 Å². The van der Waals surface area contributed by atoms with Crippen molar-refractivity contribution in [3.8, 4) is 6.07 Å². The van der Waals surface area contributed by atoms with Crippen molar-refractivity contribution in [1.82, 2.24) is 14.5 Å². The van der Waals surface area contributed by atoms with Gasteiger partial charge in [-0.1, -0.05) is 19.1 Å². The van der Waals surface area contributed by atoms with Gasteiger partial charge in [0.05, 0.1) is 23.8 Å². The van der Waals surface area contributed by atoms with Crippen LogP contribution in [0, 0.1) is 17.2 Å². The average molecular weight is 435 g/mol. The second-order valence-electron chi connectivity index (χ2n) is 8.29. The smallest absolute Gasteiger partial charge is 0.231 e. The number of carbonyl (C=O) groups is 1. The second kappa shape index (κ2) is 8.95. The molecule has 0 spiro atoms. The zero-order valence-electron chi connectivity index (χ0n) is 18.6. The van der Waals surface area contributed by atoms with E-state index in [4.69, 9.17) is 10.2 Å². The Hall–Kier alpha value is -3.47.